The Kier molecular flexibility index (Phi) is 4.61. The highest BCUT2D eigenvalue weighted by atomic mass is 35.5. The molecule has 1 aliphatic heterocycles. The van der Waals surface area contributed by atoms with Crippen LogP contribution in [-0.2, 0) is 4.74 Å². The van der Waals surface area contributed by atoms with Gasteiger partial charge in [0.2, 0.25) is 5.82 Å². The second-order valence-electron chi connectivity index (χ2n) is 3.90. The number of rotatable bonds is 1. The quantitative estimate of drug-likeness (QED) is 0.485. The monoisotopic (exact) mass is 339 g/mol. The Hall–Kier alpha value is -1.71. The predicted octanol–water partition coefficient (Wildman–Crippen LogP) is 3.22. The van der Waals surface area contributed by atoms with Crippen LogP contribution in [0.1, 0.15) is 11.6 Å². The number of amides is 1. The molecule has 1 aromatic carbocycles. The molecule has 0 spiro atoms. The lowest BCUT2D eigenvalue weighted by molar-refractivity contribution is -0.105. The highest BCUT2D eigenvalue weighted by Crippen LogP contribution is 2.38. The van der Waals surface area contributed by atoms with Crippen LogP contribution in [0.25, 0.3) is 0 Å². The molecule has 1 saturated heterocycles. The van der Waals surface area contributed by atoms with Gasteiger partial charge in [-0.05, 0) is 0 Å². The Balaban J connectivity index is 0.00000220. The van der Waals surface area contributed by atoms with Gasteiger partial charge in [-0.15, -0.1) is 12.4 Å². The Morgan fingerprint density at radius 3 is 1.86 bits per heavy atom. The molecule has 0 saturated carbocycles. The molecule has 1 atom stereocenters. The summed E-state index contributed by atoms with van der Waals surface area (Å²) in [6, 6.07) is -2.73. The molecule has 1 aliphatic rings. The fourth-order valence-corrected chi connectivity index (χ4v) is 1.67. The zero-order chi connectivity index (χ0) is 15.2. The molecule has 0 bridgehead atoms. The van der Waals surface area contributed by atoms with Crippen molar-refractivity contribution in [3.63, 3.8) is 0 Å². The van der Waals surface area contributed by atoms with Gasteiger partial charge in [-0.25, -0.2) is 35.5 Å². The van der Waals surface area contributed by atoms with Crippen molar-refractivity contribution in [2.45, 2.75) is 12.0 Å². The minimum Gasteiger partial charge on any atom is -0.443 e. The fraction of sp³-hybridized carbons (Fsp3) is 0.300. The number of alkyl halides is 2. The first-order valence-corrected chi connectivity index (χ1v) is 4.99. The first-order valence-electron chi connectivity index (χ1n) is 4.99. The molecule has 1 aromatic rings. The summed E-state index contributed by atoms with van der Waals surface area (Å²) in [7, 11) is 0. The van der Waals surface area contributed by atoms with E-state index in [1.165, 1.54) is 5.32 Å². The van der Waals surface area contributed by atoms with E-state index in [4.69, 9.17) is 0 Å². The van der Waals surface area contributed by atoms with Crippen molar-refractivity contribution < 1.29 is 40.3 Å². The SMILES string of the molecule is Cl.O=C1N[C@H](c2c(F)c(F)c(F)c(F)c2F)C(F)(F)CO1. The minimum absolute atomic E-state index is 0. The summed E-state index contributed by atoms with van der Waals surface area (Å²) in [6.07, 6.45) is -1.47. The molecule has 1 fully saturated rings. The van der Waals surface area contributed by atoms with E-state index < -0.39 is 59.3 Å². The third-order valence-corrected chi connectivity index (χ3v) is 2.61. The van der Waals surface area contributed by atoms with Crippen molar-refractivity contribution in [1.29, 1.82) is 0 Å². The predicted molar refractivity (Wildman–Crippen MR) is 55.7 cm³/mol. The number of benzene rings is 1. The van der Waals surface area contributed by atoms with Crippen LogP contribution in [0, 0.1) is 29.1 Å². The Labute approximate surface area is 118 Å². The average molecular weight is 340 g/mol. The molecular formula is C10H5ClF7NO2. The maximum absolute atomic E-state index is 13.4. The van der Waals surface area contributed by atoms with Gasteiger partial charge in [-0.1, -0.05) is 0 Å². The molecule has 1 amide bonds. The van der Waals surface area contributed by atoms with Gasteiger partial charge in [0, 0.05) is 0 Å². The number of carbonyl (C=O) groups excluding carboxylic acids is 1. The van der Waals surface area contributed by atoms with Crippen LogP contribution in [0.15, 0.2) is 0 Å². The Morgan fingerprint density at radius 1 is 0.952 bits per heavy atom. The van der Waals surface area contributed by atoms with E-state index in [2.05, 4.69) is 4.74 Å². The van der Waals surface area contributed by atoms with Crippen LogP contribution in [0.2, 0.25) is 0 Å². The smallest absolute Gasteiger partial charge is 0.408 e. The summed E-state index contributed by atoms with van der Waals surface area (Å²) >= 11 is 0. The van der Waals surface area contributed by atoms with Crippen LogP contribution < -0.4 is 5.32 Å². The van der Waals surface area contributed by atoms with Gasteiger partial charge in [-0.3, -0.25) is 0 Å². The number of hydrogen-bond donors (Lipinski definition) is 1. The third-order valence-electron chi connectivity index (χ3n) is 2.61. The average Bonchev–Trinajstić information content (AvgIpc) is 2.39. The highest BCUT2D eigenvalue weighted by molar-refractivity contribution is 5.85. The number of alkyl carbamates (subject to hydrolysis) is 1. The summed E-state index contributed by atoms with van der Waals surface area (Å²) < 4.78 is 96.3. The minimum atomic E-state index is -4.05. The topological polar surface area (TPSA) is 38.3 Å². The molecule has 21 heavy (non-hydrogen) atoms. The molecule has 1 heterocycles. The van der Waals surface area contributed by atoms with Crippen molar-refractivity contribution in [2.24, 2.45) is 0 Å². The Bertz CT molecular complexity index is 566. The first kappa shape index (κ1) is 17.3. The number of carbonyl (C=O) groups is 1. The second-order valence-corrected chi connectivity index (χ2v) is 3.90. The zero-order valence-electron chi connectivity index (χ0n) is 9.65. The van der Waals surface area contributed by atoms with E-state index in [1.807, 2.05) is 0 Å². The van der Waals surface area contributed by atoms with Gasteiger partial charge < -0.3 is 10.1 Å². The summed E-state index contributed by atoms with van der Waals surface area (Å²) in [5, 5.41) is 1.33. The lowest BCUT2D eigenvalue weighted by Gasteiger charge is -2.32. The number of ether oxygens (including phenoxy) is 1. The number of hydrogen-bond acceptors (Lipinski definition) is 2. The van der Waals surface area contributed by atoms with Gasteiger partial charge in [0.25, 0.3) is 0 Å². The summed E-state index contributed by atoms with van der Waals surface area (Å²) in [5.74, 6) is -16.2. The Morgan fingerprint density at radius 2 is 1.38 bits per heavy atom. The highest BCUT2D eigenvalue weighted by Gasteiger charge is 2.50. The van der Waals surface area contributed by atoms with Crippen molar-refractivity contribution >= 4 is 18.5 Å². The van der Waals surface area contributed by atoms with Gasteiger partial charge in [0.1, 0.15) is 6.04 Å². The molecule has 0 unspecified atom stereocenters. The van der Waals surface area contributed by atoms with Crippen molar-refractivity contribution in [3.05, 3.63) is 34.6 Å². The normalized spacial score (nSPS) is 20.3. The number of nitrogens with one attached hydrogen (secondary N) is 1. The van der Waals surface area contributed by atoms with E-state index in [-0.39, 0.29) is 12.4 Å². The van der Waals surface area contributed by atoms with Crippen molar-refractivity contribution in [3.8, 4) is 0 Å². The van der Waals surface area contributed by atoms with E-state index in [1.54, 1.807) is 0 Å². The third kappa shape index (κ3) is 2.71. The molecule has 118 valence electrons. The van der Waals surface area contributed by atoms with Crippen LogP contribution in [0.4, 0.5) is 35.5 Å². The van der Waals surface area contributed by atoms with E-state index in [0.717, 1.165) is 0 Å². The van der Waals surface area contributed by atoms with Crippen LogP contribution in [0.5, 0.6) is 0 Å². The molecule has 11 heteroatoms. The van der Waals surface area contributed by atoms with Gasteiger partial charge >= 0.3 is 12.0 Å². The van der Waals surface area contributed by atoms with Crippen molar-refractivity contribution in [1.82, 2.24) is 5.32 Å². The summed E-state index contributed by atoms with van der Waals surface area (Å²) in [4.78, 5) is 10.8. The standard InChI is InChI=1S/C10H4F7NO2.ClH/c11-3-2(4(12)6(14)7(15)5(3)13)8-10(16,17)1-20-9(19)18-8;/h8H,1H2,(H,18,19);1H/t8-;/m1./s1. The molecule has 1 N–H and O–H groups in total. The molecule has 2 rings (SSSR count). The molecule has 3 nitrogen and oxygen atoms in total. The lowest BCUT2D eigenvalue weighted by Crippen LogP contribution is -2.50. The number of halogens is 8. The summed E-state index contributed by atoms with van der Waals surface area (Å²) in [6.45, 7) is -1.55. The first-order chi connectivity index (χ1) is 9.16. The van der Waals surface area contributed by atoms with E-state index in [0.29, 0.717) is 0 Å². The lowest BCUT2D eigenvalue weighted by atomic mass is 9.98. The van der Waals surface area contributed by atoms with Crippen LogP contribution >= 0.6 is 12.4 Å². The van der Waals surface area contributed by atoms with Gasteiger partial charge in [0.05, 0.1) is 5.56 Å². The van der Waals surface area contributed by atoms with Crippen molar-refractivity contribution in [2.75, 3.05) is 6.61 Å². The maximum Gasteiger partial charge on any atom is 0.408 e. The van der Waals surface area contributed by atoms with Crippen LogP contribution in [0.3, 0.4) is 0 Å². The molecule has 0 aromatic heterocycles. The molecular weight excluding hydrogens is 335 g/mol. The van der Waals surface area contributed by atoms with Crippen LogP contribution in [-0.4, -0.2) is 18.6 Å². The zero-order valence-corrected chi connectivity index (χ0v) is 10.5. The largest absolute Gasteiger partial charge is 0.443 e. The van der Waals surface area contributed by atoms with E-state index in [9.17, 15) is 35.5 Å². The fourth-order valence-electron chi connectivity index (χ4n) is 1.67. The van der Waals surface area contributed by atoms with E-state index >= 15 is 0 Å². The molecule has 0 radical (unpaired) electrons. The summed E-state index contributed by atoms with van der Waals surface area (Å²) in [5.41, 5.74) is -1.82. The maximum atomic E-state index is 13.4. The second kappa shape index (κ2) is 5.58. The van der Waals surface area contributed by atoms with Gasteiger partial charge in [-0.2, -0.15) is 0 Å². The molecule has 0 aliphatic carbocycles. The van der Waals surface area contributed by atoms with Gasteiger partial charge in [0.15, 0.2) is 29.9 Å². The number of cyclic esters (lactones) is 1.